The van der Waals surface area contributed by atoms with Gasteiger partial charge in [0.15, 0.2) is 0 Å². The fourth-order valence-electron chi connectivity index (χ4n) is 2.27. The zero-order valence-corrected chi connectivity index (χ0v) is 11.6. The Morgan fingerprint density at radius 3 is 2.70 bits per heavy atom. The van der Waals surface area contributed by atoms with E-state index < -0.39 is 0 Å². The summed E-state index contributed by atoms with van der Waals surface area (Å²) in [6.07, 6.45) is -0.237. The molecule has 1 fully saturated rings. The molecule has 6 heteroatoms. The Kier molecular flexibility index (Phi) is 5.06. The SMILES string of the molecule is CCOC(=O)N1CCN(Cc2cccc(N=O)c2)CC1. The van der Waals surface area contributed by atoms with E-state index >= 15 is 0 Å². The number of nitroso groups, excluding NO2 is 1. The Balaban J connectivity index is 1.85. The van der Waals surface area contributed by atoms with Crippen molar-refractivity contribution in [1.29, 1.82) is 0 Å². The predicted molar refractivity (Wildman–Crippen MR) is 75.8 cm³/mol. The van der Waals surface area contributed by atoms with Crippen LogP contribution in [0.3, 0.4) is 0 Å². The van der Waals surface area contributed by atoms with Crippen LogP contribution in [0.25, 0.3) is 0 Å². The molecule has 0 bridgehead atoms. The minimum absolute atomic E-state index is 0.237. The molecule has 1 heterocycles. The van der Waals surface area contributed by atoms with E-state index in [-0.39, 0.29) is 6.09 Å². The molecule has 20 heavy (non-hydrogen) atoms. The van der Waals surface area contributed by atoms with Crippen LogP contribution in [0.2, 0.25) is 0 Å². The normalized spacial score (nSPS) is 15.9. The van der Waals surface area contributed by atoms with Gasteiger partial charge in [0.25, 0.3) is 0 Å². The lowest BCUT2D eigenvalue weighted by molar-refractivity contribution is 0.0778. The fourth-order valence-corrected chi connectivity index (χ4v) is 2.27. The van der Waals surface area contributed by atoms with Crippen LogP contribution in [-0.4, -0.2) is 48.7 Å². The molecular weight excluding hydrogens is 258 g/mol. The number of hydrogen-bond acceptors (Lipinski definition) is 5. The minimum atomic E-state index is -0.237. The summed E-state index contributed by atoms with van der Waals surface area (Å²) in [5, 5.41) is 2.94. The standard InChI is InChI=1S/C14H19N3O3/c1-2-20-14(18)17-8-6-16(7-9-17)11-12-4-3-5-13(10-12)15-19/h3-5,10H,2,6-9,11H2,1H3. The van der Waals surface area contributed by atoms with Gasteiger partial charge in [-0.15, -0.1) is 4.91 Å². The highest BCUT2D eigenvalue weighted by atomic mass is 16.6. The molecule has 0 aromatic heterocycles. The van der Waals surface area contributed by atoms with E-state index in [1.807, 2.05) is 19.1 Å². The molecule has 0 atom stereocenters. The van der Waals surface area contributed by atoms with E-state index in [1.54, 1.807) is 17.0 Å². The van der Waals surface area contributed by atoms with Crippen LogP contribution in [0, 0.1) is 4.91 Å². The average Bonchev–Trinajstić information content (AvgIpc) is 2.48. The number of benzene rings is 1. The lowest BCUT2D eigenvalue weighted by atomic mass is 10.2. The Hall–Kier alpha value is -1.95. The molecule has 0 unspecified atom stereocenters. The van der Waals surface area contributed by atoms with Gasteiger partial charge in [0, 0.05) is 32.7 Å². The summed E-state index contributed by atoms with van der Waals surface area (Å²) < 4.78 is 4.99. The Morgan fingerprint density at radius 1 is 1.30 bits per heavy atom. The maximum Gasteiger partial charge on any atom is 0.409 e. The second-order valence-corrected chi connectivity index (χ2v) is 4.72. The molecule has 1 saturated heterocycles. The molecule has 1 aliphatic heterocycles. The van der Waals surface area contributed by atoms with Crippen LogP contribution < -0.4 is 0 Å². The van der Waals surface area contributed by atoms with Crippen molar-refractivity contribution < 1.29 is 9.53 Å². The number of piperazine rings is 1. The molecule has 6 nitrogen and oxygen atoms in total. The maximum atomic E-state index is 11.6. The Morgan fingerprint density at radius 2 is 2.05 bits per heavy atom. The first-order valence-electron chi connectivity index (χ1n) is 6.79. The first-order valence-corrected chi connectivity index (χ1v) is 6.79. The summed E-state index contributed by atoms with van der Waals surface area (Å²) >= 11 is 0. The summed E-state index contributed by atoms with van der Waals surface area (Å²) in [4.78, 5) is 26.1. The third-order valence-corrected chi connectivity index (χ3v) is 3.32. The highest BCUT2D eigenvalue weighted by Gasteiger charge is 2.21. The smallest absolute Gasteiger partial charge is 0.409 e. The molecule has 1 aromatic rings. The molecule has 0 spiro atoms. The lowest BCUT2D eigenvalue weighted by Gasteiger charge is -2.34. The van der Waals surface area contributed by atoms with Gasteiger partial charge in [0.2, 0.25) is 0 Å². The summed E-state index contributed by atoms with van der Waals surface area (Å²) in [6, 6.07) is 7.30. The van der Waals surface area contributed by atoms with Gasteiger partial charge >= 0.3 is 6.09 Å². The van der Waals surface area contributed by atoms with E-state index in [0.717, 1.165) is 25.2 Å². The minimum Gasteiger partial charge on any atom is -0.450 e. The van der Waals surface area contributed by atoms with Gasteiger partial charge in [-0.2, -0.15) is 0 Å². The number of nitrogens with zero attached hydrogens (tertiary/aromatic N) is 3. The van der Waals surface area contributed by atoms with Crippen molar-refractivity contribution in [3.05, 3.63) is 34.7 Å². The molecular formula is C14H19N3O3. The maximum absolute atomic E-state index is 11.6. The third-order valence-electron chi connectivity index (χ3n) is 3.32. The largest absolute Gasteiger partial charge is 0.450 e. The number of hydrogen-bond donors (Lipinski definition) is 0. The van der Waals surface area contributed by atoms with Crippen LogP contribution in [-0.2, 0) is 11.3 Å². The van der Waals surface area contributed by atoms with Crippen LogP contribution in [0.15, 0.2) is 29.4 Å². The molecule has 0 saturated carbocycles. The van der Waals surface area contributed by atoms with E-state index in [1.165, 1.54) is 0 Å². The van der Waals surface area contributed by atoms with Crippen molar-refractivity contribution in [2.75, 3.05) is 32.8 Å². The zero-order valence-electron chi connectivity index (χ0n) is 11.6. The van der Waals surface area contributed by atoms with Gasteiger partial charge in [-0.05, 0) is 29.8 Å². The van der Waals surface area contributed by atoms with Crippen molar-refractivity contribution in [2.45, 2.75) is 13.5 Å². The predicted octanol–water partition coefficient (Wildman–Crippen LogP) is 2.36. The summed E-state index contributed by atoms with van der Waals surface area (Å²) in [7, 11) is 0. The van der Waals surface area contributed by atoms with Gasteiger partial charge in [-0.1, -0.05) is 12.1 Å². The number of carbonyl (C=O) groups is 1. The first kappa shape index (κ1) is 14.5. The van der Waals surface area contributed by atoms with Gasteiger partial charge in [-0.3, -0.25) is 4.90 Å². The number of amides is 1. The van der Waals surface area contributed by atoms with Gasteiger partial charge in [0.1, 0.15) is 5.69 Å². The molecule has 0 radical (unpaired) electrons. The van der Waals surface area contributed by atoms with E-state index in [9.17, 15) is 9.70 Å². The van der Waals surface area contributed by atoms with E-state index in [2.05, 4.69) is 10.1 Å². The quantitative estimate of drug-likeness (QED) is 0.793. The molecule has 1 amide bonds. The van der Waals surface area contributed by atoms with Crippen molar-refractivity contribution in [3.63, 3.8) is 0 Å². The number of carbonyl (C=O) groups excluding carboxylic acids is 1. The molecule has 108 valence electrons. The van der Waals surface area contributed by atoms with Gasteiger partial charge in [0.05, 0.1) is 6.61 Å². The van der Waals surface area contributed by atoms with E-state index in [0.29, 0.717) is 25.4 Å². The highest BCUT2D eigenvalue weighted by molar-refractivity contribution is 5.67. The van der Waals surface area contributed by atoms with Crippen molar-refractivity contribution >= 4 is 11.8 Å². The first-order chi connectivity index (χ1) is 9.72. The molecule has 0 N–H and O–H groups in total. The summed E-state index contributed by atoms with van der Waals surface area (Å²) in [5.41, 5.74) is 1.51. The second kappa shape index (κ2) is 7.00. The van der Waals surface area contributed by atoms with Crippen molar-refractivity contribution in [1.82, 2.24) is 9.80 Å². The van der Waals surface area contributed by atoms with Crippen molar-refractivity contribution in [3.8, 4) is 0 Å². The average molecular weight is 277 g/mol. The molecule has 2 rings (SSSR count). The molecule has 1 aliphatic rings. The Bertz CT molecular complexity index is 470. The topological polar surface area (TPSA) is 62.2 Å². The van der Waals surface area contributed by atoms with E-state index in [4.69, 9.17) is 4.74 Å². The van der Waals surface area contributed by atoms with Gasteiger partial charge in [-0.25, -0.2) is 4.79 Å². The third kappa shape index (κ3) is 3.77. The van der Waals surface area contributed by atoms with Crippen LogP contribution >= 0.6 is 0 Å². The van der Waals surface area contributed by atoms with Crippen LogP contribution in [0.4, 0.5) is 10.5 Å². The highest BCUT2D eigenvalue weighted by Crippen LogP contribution is 2.16. The second-order valence-electron chi connectivity index (χ2n) is 4.72. The monoisotopic (exact) mass is 277 g/mol. The summed E-state index contributed by atoms with van der Waals surface area (Å²) in [6.45, 7) is 5.93. The van der Waals surface area contributed by atoms with Crippen molar-refractivity contribution in [2.24, 2.45) is 5.18 Å². The lowest BCUT2D eigenvalue weighted by Crippen LogP contribution is -2.48. The molecule has 1 aromatic carbocycles. The number of rotatable bonds is 4. The summed E-state index contributed by atoms with van der Waals surface area (Å²) in [5.74, 6) is 0. The Labute approximate surface area is 118 Å². The zero-order chi connectivity index (χ0) is 14.4. The van der Waals surface area contributed by atoms with Crippen LogP contribution in [0.1, 0.15) is 12.5 Å². The fraction of sp³-hybridized carbons (Fsp3) is 0.500. The van der Waals surface area contributed by atoms with Crippen LogP contribution in [0.5, 0.6) is 0 Å². The molecule has 0 aliphatic carbocycles. The van der Waals surface area contributed by atoms with Gasteiger partial charge < -0.3 is 9.64 Å². The number of ether oxygens (including phenoxy) is 1.